The smallest absolute Gasteiger partial charge is 0.254 e. The lowest BCUT2D eigenvalue weighted by atomic mass is 9.78. The van der Waals surface area contributed by atoms with Gasteiger partial charge in [0.25, 0.3) is 5.91 Å². The molecule has 3 unspecified atom stereocenters. The largest absolute Gasteiger partial charge is 0.493 e. The summed E-state index contributed by atoms with van der Waals surface area (Å²) in [6.45, 7) is 1.60. The van der Waals surface area contributed by atoms with Gasteiger partial charge in [0.05, 0.1) is 14.2 Å². The molecule has 2 N–H and O–H groups in total. The lowest BCUT2D eigenvalue weighted by molar-refractivity contribution is 0.0783. The van der Waals surface area contributed by atoms with Crippen molar-refractivity contribution < 1.29 is 14.3 Å². The fourth-order valence-electron chi connectivity index (χ4n) is 3.83. The average molecular weight is 304 g/mol. The van der Waals surface area contributed by atoms with Crippen LogP contribution in [-0.2, 0) is 0 Å². The molecule has 1 amide bonds. The molecule has 1 aliphatic heterocycles. The molecule has 0 bridgehead atoms. The normalized spacial score (nSPS) is 27.4. The van der Waals surface area contributed by atoms with Crippen LogP contribution in [0.15, 0.2) is 18.2 Å². The van der Waals surface area contributed by atoms with Crippen molar-refractivity contribution >= 4 is 5.91 Å². The van der Waals surface area contributed by atoms with Crippen molar-refractivity contribution in [1.82, 2.24) is 4.90 Å². The summed E-state index contributed by atoms with van der Waals surface area (Å²) in [5.41, 5.74) is 6.87. The second-order valence-electron chi connectivity index (χ2n) is 6.30. The Bertz CT molecular complexity index is 561. The Kier molecular flexibility index (Phi) is 4.25. The van der Waals surface area contributed by atoms with Crippen molar-refractivity contribution in [3.05, 3.63) is 23.8 Å². The highest BCUT2D eigenvalue weighted by atomic mass is 16.5. The van der Waals surface area contributed by atoms with Crippen LogP contribution >= 0.6 is 0 Å². The standard InChI is InChI=1S/C17H24N2O3/c1-21-15-7-6-11(8-16(15)22-2)17(20)19-9-12-4-3-5-14(18)13(12)10-19/h6-8,12-14H,3-5,9-10,18H2,1-2H3. The first-order valence-electron chi connectivity index (χ1n) is 7.91. The van der Waals surface area contributed by atoms with Crippen LogP contribution in [0.1, 0.15) is 29.6 Å². The number of fused-ring (bicyclic) bond motifs is 1. The van der Waals surface area contributed by atoms with Crippen LogP contribution in [0, 0.1) is 11.8 Å². The first-order chi connectivity index (χ1) is 10.6. The first-order valence-corrected chi connectivity index (χ1v) is 7.91. The van der Waals surface area contributed by atoms with Crippen LogP contribution in [0.4, 0.5) is 0 Å². The maximum atomic E-state index is 12.8. The molecule has 120 valence electrons. The summed E-state index contributed by atoms with van der Waals surface area (Å²) < 4.78 is 10.5. The lowest BCUT2D eigenvalue weighted by Crippen LogP contribution is -2.38. The Balaban J connectivity index is 1.77. The van der Waals surface area contributed by atoms with Gasteiger partial charge < -0.3 is 20.1 Å². The summed E-state index contributed by atoms with van der Waals surface area (Å²) >= 11 is 0. The minimum Gasteiger partial charge on any atom is -0.493 e. The Morgan fingerprint density at radius 3 is 2.64 bits per heavy atom. The van der Waals surface area contributed by atoms with Gasteiger partial charge in [0.15, 0.2) is 11.5 Å². The molecule has 1 aliphatic carbocycles. The van der Waals surface area contributed by atoms with Crippen LogP contribution in [-0.4, -0.2) is 44.2 Å². The number of hydrogen-bond donors (Lipinski definition) is 1. The van der Waals surface area contributed by atoms with Gasteiger partial charge in [0.1, 0.15) is 0 Å². The monoisotopic (exact) mass is 304 g/mol. The molecular weight excluding hydrogens is 280 g/mol. The molecule has 3 atom stereocenters. The highest BCUT2D eigenvalue weighted by Gasteiger charge is 2.40. The Labute approximate surface area is 131 Å². The van der Waals surface area contributed by atoms with E-state index in [4.69, 9.17) is 15.2 Å². The van der Waals surface area contributed by atoms with Crippen molar-refractivity contribution in [1.29, 1.82) is 0 Å². The maximum Gasteiger partial charge on any atom is 0.254 e. The minimum atomic E-state index is 0.0579. The number of rotatable bonds is 3. The summed E-state index contributed by atoms with van der Waals surface area (Å²) in [6.07, 6.45) is 3.45. The zero-order valence-electron chi connectivity index (χ0n) is 13.2. The molecule has 2 fully saturated rings. The number of amides is 1. The van der Waals surface area contributed by atoms with Crippen LogP contribution in [0.3, 0.4) is 0 Å². The van der Waals surface area contributed by atoms with Gasteiger partial charge >= 0.3 is 0 Å². The predicted octanol–water partition coefficient (Wildman–Crippen LogP) is 1.90. The summed E-state index contributed by atoms with van der Waals surface area (Å²) in [7, 11) is 3.17. The Morgan fingerprint density at radius 1 is 1.18 bits per heavy atom. The fraction of sp³-hybridized carbons (Fsp3) is 0.588. The quantitative estimate of drug-likeness (QED) is 0.926. The van der Waals surface area contributed by atoms with Crippen LogP contribution in [0.5, 0.6) is 11.5 Å². The molecule has 0 aromatic heterocycles. The molecule has 0 radical (unpaired) electrons. The van der Waals surface area contributed by atoms with E-state index in [0.29, 0.717) is 28.9 Å². The van der Waals surface area contributed by atoms with Gasteiger partial charge in [0.2, 0.25) is 0 Å². The van der Waals surface area contributed by atoms with Gasteiger partial charge in [-0.25, -0.2) is 0 Å². The zero-order valence-corrected chi connectivity index (χ0v) is 13.2. The van der Waals surface area contributed by atoms with Crippen LogP contribution in [0.25, 0.3) is 0 Å². The molecule has 0 spiro atoms. The molecular formula is C17H24N2O3. The topological polar surface area (TPSA) is 64.8 Å². The number of hydrogen-bond acceptors (Lipinski definition) is 4. The van der Waals surface area contributed by atoms with Crippen molar-refractivity contribution in [3.8, 4) is 11.5 Å². The van der Waals surface area contributed by atoms with Crippen molar-refractivity contribution in [2.75, 3.05) is 27.3 Å². The Morgan fingerprint density at radius 2 is 1.95 bits per heavy atom. The average Bonchev–Trinajstić information content (AvgIpc) is 2.99. The number of carbonyl (C=O) groups excluding carboxylic acids is 1. The maximum absolute atomic E-state index is 12.8. The summed E-state index contributed by atoms with van der Waals surface area (Å²) in [5.74, 6) is 2.30. The van der Waals surface area contributed by atoms with E-state index in [0.717, 1.165) is 19.5 Å². The number of methoxy groups -OCH3 is 2. The molecule has 1 aromatic rings. The minimum absolute atomic E-state index is 0.0579. The third-order valence-electron chi connectivity index (χ3n) is 5.07. The number of benzene rings is 1. The van der Waals surface area contributed by atoms with E-state index in [1.54, 1.807) is 32.4 Å². The van der Waals surface area contributed by atoms with E-state index in [2.05, 4.69) is 0 Å². The molecule has 1 heterocycles. The van der Waals surface area contributed by atoms with Crippen LogP contribution < -0.4 is 15.2 Å². The van der Waals surface area contributed by atoms with Gasteiger partial charge in [-0.05, 0) is 42.9 Å². The van der Waals surface area contributed by atoms with Gasteiger partial charge in [-0.3, -0.25) is 4.79 Å². The highest BCUT2D eigenvalue weighted by Crippen LogP contribution is 2.36. The number of nitrogens with zero attached hydrogens (tertiary/aromatic N) is 1. The predicted molar refractivity (Wildman–Crippen MR) is 84.3 cm³/mol. The van der Waals surface area contributed by atoms with Crippen molar-refractivity contribution in [2.24, 2.45) is 17.6 Å². The lowest BCUT2D eigenvalue weighted by Gasteiger charge is -2.29. The van der Waals surface area contributed by atoms with E-state index < -0.39 is 0 Å². The summed E-state index contributed by atoms with van der Waals surface area (Å²) in [5, 5.41) is 0. The Hall–Kier alpha value is -1.75. The van der Waals surface area contributed by atoms with E-state index in [9.17, 15) is 4.79 Å². The second kappa shape index (κ2) is 6.16. The SMILES string of the molecule is COc1ccc(C(=O)N2CC3CCCC(N)C3C2)cc1OC. The van der Waals surface area contributed by atoms with Crippen molar-refractivity contribution in [3.63, 3.8) is 0 Å². The summed E-state index contributed by atoms with van der Waals surface area (Å²) in [6, 6.07) is 5.57. The van der Waals surface area contributed by atoms with Crippen LogP contribution in [0.2, 0.25) is 0 Å². The van der Waals surface area contributed by atoms with E-state index in [-0.39, 0.29) is 11.9 Å². The van der Waals surface area contributed by atoms with Crippen molar-refractivity contribution in [2.45, 2.75) is 25.3 Å². The molecule has 5 heteroatoms. The van der Waals surface area contributed by atoms with Gasteiger partial charge in [0, 0.05) is 24.7 Å². The molecule has 1 saturated carbocycles. The number of carbonyl (C=O) groups is 1. The van der Waals surface area contributed by atoms with E-state index in [1.807, 2.05) is 4.90 Å². The molecule has 5 nitrogen and oxygen atoms in total. The number of ether oxygens (including phenoxy) is 2. The summed E-state index contributed by atoms with van der Waals surface area (Å²) in [4.78, 5) is 14.7. The first kappa shape index (κ1) is 15.2. The van der Waals surface area contributed by atoms with E-state index >= 15 is 0 Å². The van der Waals surface area contributed by atoms with Gasteiger partial charge in [-0.2, -0.15) is 0 Å². The molecule has 22 heavy (non-hydrogen) atoms. The zero-order chi connectivity index (χ0) is 15.7. The third kappa shape index (κ3) is 2.65. The van der Waals surface area contributed by atoms with Gasteiger partial charge in [-0.1, -0.05) is 6.42 Å². The number of nitrogens with two attached hydrogens (primary N) is 1. The van der Waals surface area contributed by atoms with E-state index in [1.165, 1.54) is 12.8 Å². The highest BCUT2D eigenvalue weighted by molar-refractivity contribution is 5.95. The number of likely N-dealkylation sites (tertiary alicyclic amines) is 1. The molecule has 2 aliphatic rings. The second-order valence-corrected chi connectivity index (χ2v) is 6.30. The molecule has 1 saturated heterocycles. The third-order valence-corrected chi connectivity index (χ3v) is 5.07. The molecule has 1 aromatic carbocycles. The fourth-order valence-corrected chi connectivity index (χ4v) is 3.83. The molecule has 3 rings (SSSR count). The van der Waals surface area contributed by atoms with Gasteiger partial charge in [-0.15, -0.1) is 0 Å².